The standard InChI is InChI=1S/2C9H10O5/c2*10-6-2-1-3(7(6)11)5-4(2)8(12)14-9(5)13/h2*2-7,10-11H,1H2. The Hall–Kier alpha value is -1.88. The van der Waals surface area contributed by atoms with Crippen LogP contribution in [-0.2, 0) is 28.7 Å². The maximum atomic E-state index is 11.3. The summed E-state index contributed by atoms with van der Waals surface area (Å²) in [4.78, 5) is 45.1. The van der Waals surface area contributed by atoms with Crippen LogP contribution in [0, 0.1) is 47.3 Å². The Bertz CT molecular complexity index is 654. The van der Waals surface area contributed by atoms with Crippen molar-refractivity contribution < 1.29 is 49.1 Å². The van der Waals surface area contributed by atoms with Crippen LogP contribution in [0.3, 0.4) is 0 Å². The van der Waals surface area contributed by atoms with Gasteiger partial charge in [0.1, 0.15) is 0 Å². The number of ether oxygens (including phenoxy) is 2. The van der Waals surface area contributed by atoms with E-state index in [0.717, 1.165) is 0 Å². The molecule has 6 fully saturated rings. The molecule has 10 heteroatoms. The van der Waals surface area contributed by atoms with E-state index < -0.39 is 72.0 Å². The smallest absolute Gasteiger partial charge is 0.317 e. The van der Waals surface area contributed by atoms with Gasteiger partial charge in [0.15, 0.2) is 0 Å². The number of esters is 4. The minimum atomic E-state index is -0.875. The first-order valence-electron chi connectivity index (χ1n) is 9.45. The molecule has 2 heterocycles. The summed E-state index contributed by atoms with van der Waals surface area (Å²) in [6.07, 6.45) is -2.39. The first-order valence-corrected chi connectivity index (χ1v) is 9.45. The molecule has 2 aliphatic heterocycles. The molecule has 4 saturated carbocycles. The zero-order valence-electron chi connectivity index (χ0n) is 14.6. The Morgan fingerprint density at radius 1 is 0.500 bits per heavy atom. The van der Waals surface area contributed by atoms with E-state index in [4.69, 9.17) is 0 Å². The predicted molar refractivity (Wildman–Crippen MR) is 83.4 cm³/mol. The lowest BCUT2D eigenvalue weighted by atomic mass is 9.78. The van der Waals surface area contributed by atoms with Gasteiger partial charge >= 0.3 is 23.9 Å². The van der Waals surface area contributed by atoms with E-state index in [0.29, 0.717) is 12.8 Å². The maximum absolute atomic E-state index is 11.3. The minimum Gasteiger partial charge on any atom is -0.393 e. The van der Waals surface area contributed by atoms with Crippen molar-refractivity contribution in [1.82, 2.24) is 0 Å². The van der Waals surface area contributed by atoms with Crippen LogP contribution in [0.1, 0.15) is 12.8 Å². The molecule has 0 spiro atoms. The lowest BCUT2D eigenvalue weighted by molar-refractivity contribution is -0.156. The molecule has 12 unspecified atom stereocenters. The summed E-state index contributed by atoms with van der Waals surface area (Å²) in [7, 11) is 0. The van der Waals surface area contributed by atoms with Crippen molar-refractivity contribution in [3.05, 3.63) is 0 Å². The van der Waals surface area contributed by atoms with Crippen LogP contribution in [0.4, 0.5) is 0 Å². The van der Waals surface area contributed by atoms with Crippen LogP contribution in [0.5, 0.6) is 0 Å². The SMILES string of the molecule is O=C1OC(=O)C2C3CC(C(O)C3O)C12.O=C1OC(=O)C2C3CC(C(O)C3O)C12. The van der Waals surface area contributed by atoms with Gasteiger partial charge in [0.05, 0.1) is 48.1 Å². The fourth-order valence-corrected chi connectivity index (χ4v) is 6.46. The van der Waals surface area contributed by atoms with Crippen LogP contribution < -0.4 is 0 Å². The van der Waals surface area contributed by atoms with Gasteiger partial charge in [-0.25, -0.2) is 0 Å². The van der Waals surface area contributed by atoms with Gasteiger partial charge in [-0.05, 0) is 12.8 Å². The average molecular weight is 396 g/mol. The lowest BCUT2D eigenvalue weighted by Crippen LogP contribution is -2.43. The van der Waals surface area contributed by atoms with Gasteiger partial charge in [-0.3, -0.25) is 19.2 Å². The zero-order chi connectivity index (χ0) is 20.1. The highest BCUT2D eigenvalue weighted by Crippen LogP contribution is 2.56. The third-order valence-corrected chi connectivity index (χ3v) is 7.65. The Morgan fingerprint density at radius 2 is 0.714 bits per heavy atom. The molecule has 152 valence electrons. The fraction of sp³-hybridized carbons (Fsp3) is 0.778. The summed E-state index contributed by atoms with van der Waals surface area (Å²) in [6, 6.07) is 0. The molecule has 2 saturated heterocycles. The molecule has 28 heavy (non-hydrogen) atoms. The Balaban J connectivity index is 0.000000122. The van der Waals surface area contributed by atoms with E-state index in [1.54, 1.807) is 0 Å². The quantitative estimate of drug-likeness (QED) is 0.251. The summed E-state index contributed by atoms with van der Waals surface area (Å²) in [5.74, 6) is -5.32. The third kappa shape index (κ3) is 2.11. The van der Waals surface area contributed by atoms with E-state index in [-0.39, 0.29) is 23.7 Å². The van der Waals surface area contributed by atoms with Crippen molar-refractivity contribution in [2.24, 2.45) is 47.3 Å². The molecule has 4 aliphatic carbocycles. The second-order valence-electron chi connectivity index (χ2n) is 8.67. The highest BCUT2D eigenvalue weighted by Gasteiger charge is 2.67. The Labute approximate surface area is 158 Å². The van der Waals surface area contributed by atoms with Gasteiger partial charge in [0.25, 0.3) is 0 Å². The van der Waals surface area contributed by atoms with Crippen molar-refractivity contribution >= 4 is 23.9 Å². The molecule has 0 aromatic carbocycles. The van der Waals surface area contributed by atoms with Gasteiger partial charge in [-0.2, -0.15) is 0 Å². The number of aliphatic hydroxyl groups excluding tert-OH is 4. The molecule has 4 N–H and O–H groups in total. The number of hydrogen-bond acceptors (Lipinski definition) is 10. The van der Waals surface area contributed by atoms with Gasteiger partial charge < -0.3 is 29.9 Å². The fourth-order valence-electron chi connectivity index (χ4n) is 6.46. The largest absolute Gasteiger partial charge is 0.393 e. The average Bonchev–Trinajstić information content (AvgIpc) is 3.43. The van der Waals surface area contributed by atoms with Crippen LogP contribution in [0.2, 0.25) is 0 Å². The molecular formula is C18H20O10. The number of carbonyl (C=O) groups excluding carboxylic acids is 4. The number of aliphatic hydroxyl groups is 4. The van der Waals surface area contributed by atoms with E-state index in [9.17, 15) is 39.6 Å². The highest BCUT2D eigenvalue weighted by atomic mass is 16.6. The van der Waals surface area contributed by atoms with Gasteiger partial charge in [-0.1, -0.05) is 0 Å². The summed E-state index contributed by atoms with van der Waals surface area (Å²) in [5, 5.41) is 38.3. The Kier molecular flexibility index (Phi) is 3.77. The summed E-state index contributed by atoms with van der Waals surface area (Å²) >= 11 is 0. The number of hydrogen-bond donors (Lipinski definition) is 4. The maximum Gasteiger partial charge on any atom is 0.317 e. The van der Waals surface area contributed by atoms with Crippen molar-refractivity contribution in [2.75, 3.05) is 0 Å². The monoisotopic (exact) mass is 396 g/mol. The summed E-state index contributed by atoms with van der Waals surface area (Å²) in [6.45, 7) is 0. The van der Waals surface area contributed by atoms with Crippen molar-refractivity contribution in [3.63, 3.8) is 0 Å². The van der Waals surface area contributed by atoms with Gasteiger partial charge in [-0.15, -0.1) is 0 Å². The third-order valence-electron chi connectivity index (χ3n) is 7.65. The number of cyclic esters (lactones) is 4. The number of fused-ring (bicyclic) bond motifs is 10. The van der Waals surface area contributed by atoms with Crippen molar-refractivity contribution in [1.29, 1.82) is 0 Å². The first-order chi connectivity index (χ1) is 13.2. The summed E-state index contributed by atoms with van der Waals surface area (Å²) in [5.41, 5.74) is 0. The predicted octanol–water partition coefficient (Wildman–Crippen LogP) is -2.65. The molecule has 6 rings (SSSR count). The number of rotatable bonds is 0. The van der Waals surface area contributed by atoms with Crippen LogP contribution in [0.15, 0.2) is 0 Å². The van der Waals surface area contributed by atoms with E-state index in [1.807, 2.05) is 0 Å². The number of carbonyl (C=O) groups is 4. The van der Waals surface area contributed by atoms with E-state index in [1.165, 1.54) is 0 Å². The molecule has 0 aromatic heterocycles. The summed E-state index contributed by atoms with van der Waals surface area (Å²) < 4.78 is 9.01. The lowest BCUT2D eigenvalue weighted by Gasteiger charge is -2.28. The molecule has 4 bridgehead atoms. The molecule has 0 aromatic rings. The molecule has 6 aliphatic rings. The molecule has 10 nitrogen and oxygen atoms in total. The van der Waals surface area contributed by atoms with Crippen LogP contribution in [-0.4, -0.2) is 68.7 Å². The second kappa shape index (κ2) is 5.82. The van der Waals surface area contributed by atoms with Crippen LogP contribution >= 0.6 is 0 Å². The van der Waals surface area contributed by atoms with Gasteiger partial charge in [0.2, 0.25) is 0 Å². The van der Waals surface area contributed by atoms with Gasteiger partial charge in [0, 0.05) is 23.7 Å². The van der Waals surface area contributed by atoms with Crippen LogP contribution in [0.25, 0.3) is 0 Å². The minimum absolute atomic E-state index is 0.293. The molecular weight excluding hydrogens is 376 g/mol. The van der Waals surface area contributed by atoms with Crippen molar-refractivity contribution in [2.45, 2.75) is 37.3 Å². The topological polar surface area (TPSA) is 168 Å². The molecule has 0 amide bonds. The second-order valence-corrected chi connectivity index (χ2v) is 8.67. The molecule has 0 radical (unpaired) electrons. The van der Waals surface area contributed by atoms with E-state index in [2.05, 4.69) is 9.47 Å². The molecule has 12 atom stereocenters. The van der Waals surface area contributed by atoms with E-state index >= 15 is 0 Å². The first kappa shape index (κ1) is 18.2. The van der Waals surface area contributed by atoms with Crippen molar-refractivity contribution in [3.8, 4) is 0 Å². The Morgan fingerprint density at radius 3 is 0.929 bits per heavy atom. The highest BCUT2D eigenvalue weighted by molar-refractivity contribution is 5.98. The normalized spacial score (nSPS) is 55.0. The zero-order valence-corrected chi connectivity index (χ0v) is 14.6.